The number of nitrogens with one attached hydrogen (secondary N) is 2. The molecule has 0 aliphatic carbocycles. The molecule has 0 spiro atoms. The van der Waals surface area contributed by atoms with Crippen LogP contribution in [0.4, 0.5) is 4.79 Å². The van der Waals surface area contributed by atoms with Crippen molar-refractivity contribution in [3.05, 3.63) is 54.6 Å². The minimum absolute atomic E-state index is 0.0557. The minimum Gasteiger partial charge on any atom is -0.457 e. The summed E-state index contributed by atoms with van der Waals surface area (Å²) < 4.78 is 39.5. The lowest BCUT2D eigenvalue weighted by molar-refractivity contribution is -0.132. The Labute approximate surface area is 205 Å². The molecule has 3 N–H and O–H groups in total. The minimum atomic E-state index is -4.09. The summed E-state index contributed by atoms with van der Waals surface area (Å²) in [5, 5.41) is 9.21. The first kappa shape index (κ1) is 26.5. The number of rotatable bonds is 7. The summed E-state index contributed by atoms with van der Waals surface area (Å²) in [6.07, 6.45) is 0.241. The number of para-hydroxylation sites is 1. The fourth-order valence-electron chi connectivity index (χ4n) is 3.72. The number of carbonyl (C=O) groups excluding carboxylic acids is 2. The summed E-state index contributed by atoms with van der Waals surface area (Å²) >= 11 is 0. The Hall–Kier alpha value is -3.15. The Bertz CT molecular complexity index is 1110. The number of hydrogen-bond donors (Lipinski definition) is 3. The van der Waals surface area contributed by atoms with Crippen LogP contribution < -0.4 is 14.9 Å². The first-order chi connectivity index (χ1) is 16.5. The Balaban J connectivity index is 1.67. The van der Waals surface area contributed by atoms with Crippen molar-refractivity contribution in [2.45, 2.75) is 50.2 Å². The molecule has 10 nitrogen and oxygen atoms in total. The highest BCUT2D eigenvalue weighted by Gasteiger charge is 2.36. The van der Waals surface area contributed by atoms with Crippen molar-refractivity contribution >= 4 is 22.0 Å². The average molecular weight is 506 g/mol. The molecule has 1 heterocycles. The highest BCUT2D eigenvalue weighted by atomic mass is 32.2. The van der Waals surface area contributed by atoms with E-state index in [4.69, 9.17) is 9.47 Å². The number of carbonyl (C=O) groups is 2. The van der Waals surface area contributed by atoms with Crippen LogP contribution in [-0.4, -0.2) is 55.3 Å². The molecule has 0 bridgehead atoms. The molecule has 1 saturated heterocycles. The van der Waals surface area contributed by atoms with E-state index < -0.39 is 39.6 Å². The smallest absolute Gasteiger partial charge is 0.410 e. The molecule has 11 heteroatoms. The predicted octanol–water partition coefficient (Wildman–Crippen LogP) is 3.28. The summed E-state index contributed by atoms with van der Waals surface area (Å²) in [4.78, 5) is 26.1. The van der Waals surface area contributed by atoms with Gasteiger partial charge < -0.3 is 14.4 Å². The Kier molecular flexibility index (Phi) is 8.36. The van der Waals surface area contributed by atoms with Gasteiger partial charge in [-0.1, -0.05) is 18.2 Å². The molecule has 0 saturated carbocycles. The zero-order chi connectivity index (χ0) is 25.6. The van der Waals surface area contributed by atoms with Crippen molar-refractivity contribution in [2.24, 2.45) is 5.92 Å². The van der Waals surface area contributed by atoms with E-state index in [0.29, 0.717) is 37.4 Å². The first-order valence-corrected chi connectivity index (χ1v) is 12.7. The summed E-state index contributed by atoms with van der Waals surface area (Å²) in [6, 6.07) is 13.6. The summed E-state index contributed by atoms with van der Waals surface area (Å²) in [6.45, 7) is 5.90. The number of benzene rings is 2. The van der Waals surface area contributed by atoms with Crippen LogP contribution >= 0.6 is 0 Å². The highest BCUT2D eigenvalue weighted by Crippen LogP contribution is 2.26. The second kappa shape index (κ2) is 11.1. The van der Waals surface area contributed by atoms with Gasteiger partial charge in [-0.2, -0.15) is 4.72 Å². The van der Waals surface area contributed by atoms with Crippen LogP contribution in [0.3, 0.4) is 0 Å². The van der Waals surface area contributed by atoms with Crippen LogP contribution in [-0.2, 0) is 19.6 Å². The van der Waals surface area contributed by atoms with Gasteiger partial charge in [-0.3, -0.25) is 10.0 Å². The molecule has 1 aliphatic rings. The molecule has 3 rings (SSSR count). The van der Waals surface area contributed by atoms with Crippen LogP contribution in [0.15, 0.2) is 59.5 Å². The number of amides is 2. The van der Waals surface area contributed by atoms with E-state index in [-0.39, 0.29) is 4.90 Å². The largest absolute Gasteiger partial charge is 0.457 e. The van der Waals surface area contributed by atoms with Gasteiger partial charge in [0.25, 0.3) is 5.91 Å². The molecular weight excluding hydrogens is 474 g/mol. The Morgan fingerprint density at radius 1 is 1.00 bits per heavy atom. The third-order valence-corrected chi connectivity index (χ3v) is 6.91. The van der Waals surface area contributed by atoms with E-state index in [1.165, 1.54) is 29.2 Å². The Morgan fingerprint density at radius 3 is 2.11 bits per heavy atom. The molecule has 0 aromatic heterocycles. The van der Waals surface area contributed by atoms with Gasteiger partial charge in [0.1, 0.15) is 23.1 Å². The van der Waals surface area contributed by atoms with Crippen molar-refractivity contribution in [2.75, 3.05) is 13.1 Å². The number of hydrogen-bond acceptors (Lipinski definition) is 7. The lowest BCUT2D eigenvalue weighted by Crippen LogP contribution is -2.53. The van der Waals surface area contributed by atoms with Crippen molar-refractivity contribution in [1.29, 1.82) is 0 Å². The highest BCUT2D eigenvalue weighted by molar-refractivity contribution is 7.89. The van der Waals surface area contributed by atoms with E-state index in [0.717, 1.165) is 0 Å². The third-order valence-electron chi connectivity index (χ3n) is 5.45. The fraction of sp³-hybridized carbons (Fsp3) is 0.417. The van der Waals surface area contributed by atoms with Gasteiger partial charge in [0, 0.05) is 13.1 Å². The average Bonchev–Trinajstić information content (AvgIpc) is 2.82. The standard InChI is InChI=1S/C24H31N3O7S/c1-24(2,3)34-23(29)27-15-13-17(14-16-27)21(22(28)25-30)26-35(31,32)20-11-9-19(10-12-20)33-18-7-5-4-6-8-18/h4-12,17,21,26,30H,13-16H2,1-3H3,(H,25,28). The zero-order valence-corrected chi connectivity index (χ0v) is 20.7. The topological polar surface area (TPSA) is 134 Å². The van der Waals surface area contributed by atoms with Crippen LogP contribution in [0.25, 0.3) is 0 Å². The summed E-state index contributed by atoms with van der Waals surface area (Å²) in [5.74, 6) is -0.238. The predicted molar refractivity (Wildman–Crippen MR) is 128 cm³/mol. The summed E-state index contributed by atoms with van der Waals surface area (Å²) in [7, 11) is -4.09. The molecule has 35 heavy (non-hydrogen) atoms. The zero-order valence-electron chi connectivity index (χ0n) is 19.9. The van der Waals surface area contributed by atoms with Crippen LogP contribution in [0.5, 0.6) is 11.5 Å². The van der Waals surface area contributed by atoms with E-state index in [1.807, 2.05) is 18.2 Å². The number of sulfonamides is 1. The van der Waals surface area contributed by atoms with Gasteiger partial charge in [-0.15, -0.1) is 0 Å². The summed E-state index contributed by atoms with van der Waals surface area (Å²) in [5.41, 5.74) is 0.912. The van der Waals surface area contributed by atoms with E-state index >= 15 is 0 Å². The number of nitrogens with zero attached hydrogens (tertiary/aromatic N) is 1. The molecule has 1 aliphatic heterocycles. The van der Waals surface area contributed by atoms with Crippen molar-refractivity contribution < 1.29 is 32.7 Å². The number of likely N-dealkylation sites (tertiary alicyclic amines) is 1. The molecule has 1 atom stereocenters. The van der Waals surface area contributed by atoms with Crippen LogP contribution in [0.2, 0.25) is 0 Å². The number of hydroxylamine groups is 1. The van der Waals surface area contributed by atoms with Crippen LogP contribution in [0, 0.1) is 5.92 Å². The van der Waals surface area contributed by atoms with Gasteiger partial charge in [0.05, 0.1) is 4.90 Å². The van der Waals surface area contributed by atoms with Gasteiger partial charge in [-0.25, -0.2) is 18.7 Å². The number of piperidine rings is 1. The van der Waals surface area contributed by atoms with Gasteiger partial charge in [0.15, 0.2) is 0 Å². The molecule has 190 valence electrons. The normalized spacial score (nSPS) is 15.8. The van der Waals surface area contributed by atoms with Crippen molar-refractivity contribution in [1.82, 2.24) is 15.1 Å². The lowest BCUT2D eigenvalue weighted by Gasteiger charge is -2.36. The first-order valence-electron chi connectivity index (χ1n) is 11.3. The van der Waals surface area contributed by atoms with Gasteiger partial charge >= 0.3 is 6.09 Å². The molecular formula is C24H31N3O7S. The number of ether oxygens (including phenoxy) is 2. The Morgan fingerprint density at radius 2 is 1.57 bits per heavy atom. The second-order valence-corrected chi connectivity index (χ2v) is 11.0. The van der Waals surface area contributed by atoms with Crippen LogP contribution in [0.1, 0.15) is 33.6 Å². The van der Waals surface area contributed by atoms with Crippen molar-refractivity contribution in [3.63, 3.8) is 0 Å². The molecule has 2 amide bonds. The van der Waals surface area contributed by atoms with E-state index in [9.17, 15) is 23.2 Å². The SMILES string of the molecule is CC(C)(C)OC(=O)N1CCC(C(NS(=O)(=O)c2ccc(Oc3ccccc3)cc2)C(=O)NO)CC1. The second-order valence-electron chi connectivity index (χ2n) is 9.27. The third kappa shape index (κ3) is 7.41. The van der Waals surface area contributed by atoms with Crippen molar-refractivity contribution in [3.8, 4) is 11.5 Å². The van der Waals surface area contributed by atoms with Gasteiger partial charge in [-0.05, 0) is 75.9 Å². The van der Waals surface area contributed by atoms with E-state index in [1.54, 1.807) is 38.4 Å². The van der Waals surface area contributed by atoms with E-state index in [2.05, 4.69) is 4.72 Å². The maximum absolute atomic E-state index is 13.0. The fourth-order valence-corrected chi connectivity index (χ4v) is 4.99. The van der Waals surface area contributed by atoms with Gasteiger partial charge in [0.2, 0.25) is 10.0 Å². The lowest BCUT2D eigenvalue weighted by atomic mass is 9.89. The monoisotopic (exact) mass is 505 g/mol. The molecule has 2 aromatic rings. The molecule has 1 unspecified atom stereocenters. The maximum Gasteiger partial charge on any atom is 0.410 e. The molecule has 1 fully saturated rings. The molecule has 2 aromatic carbocycles. The maximum atomic E-state index is 13.0. The molecule has 0 radical (unpaired) electrons. The quantitative estimate of drug-likeness (QED) is 0.388.